The molecule has 0 spiro atoms. The van der Waals surface area contributed by atoms with Crippen LogP contribution in [0.1, 0.15) is 134 Å². The zero-order valence-corrected chi connectivity index (χ0v) is 27.3. The normalized spacial score (nSPS) is 44.4. The summed E-state index contributed by atoms with van der Waals surface area (Å²) in [5, 5.41) is 0. The second-order valence-corrected chi connectivity index (χ2v) is 17.1. The lowest BCUT2D eigenvalue weighted by atomic mass is 9.53. The first kappa shape index (κ1) is 28.2. The molecule has 0 radical (unpaired) electrons. The van der Waals surface area contributed by atoms with Crippen molar-refractivity contribution in [1.82, 2.24) is 0 Å². The van der Waals surface area contributed by atoms with Crippen molar-refractivity contribution >= 4 is 5.78 Å². The summed E-state index contributed by atoms with van der Waals surface area (Å²) in [7, 11) is 0. The summed E-state index contributed by atoms with van der Waals surface area (Å²) in [4.78, 5) is 12.8. The Bertz CT molecular complexity index is 1380. The number of Topliss-reactive ketones (excluding diaryl/α,β-unsaturated/α-hetero) is 1. The average molecular weight is 595 g/mol. The van der Waals surface area contributed by atoms with Gasteiger partial charge in [-0.3, -0.25) is 4.79 Å². The monoisotopic (exact) mass is 594 g/mol. The molecule has 0 aliphatic heterocycles. The van der Waals surface area contributed by atoms with Gasteiger partial charge >= 0.3 is 0 Å². The maximum atomic E-state index is 12.8. The third kappa shape index (κ3) is 4.29. The molecule has 1 aromatic carbocycles. The van der Waals surface area contributed by atoms with E-state index in [9.17, 15) is 4.79 Å². The first-order valence-corrected chi connectivity index (χ1v) is 18.8. The number of aryl methyl sites for hydroxylation is 1. The van der Waals surface area contributed by atoms with Gasteiger partial charge in [0.2, 0.25) is 0 Å². The summed E-state index contributed by atoms with van der Waals surface area (Å²) in [5.41, 5.74) is 5.06. The van der Waals surface area contributed by atoms with Crippen LogP contribution >= 0.6 is 0 Å². The molecular weight excluding hydrogens is 540 g/mol. The molecule has 3 heteroatoms. The van der Waals surface area contributed by atoms with Gasteiger partial charge < -0.3 is 9.47 Å². The van der Waals surface area contributed by atoms with Crippen molar-refractivity contribution < 1.29 is 14.3 Å². The molecule has 0 amide bonds. The van der Waals surface area contributed by atoms with Crippen LogP contribution < -0.4 is 4.74 Å². The van der Waals surface area contributed by atoms with Gasteiger partial charge in [0.15, 0.2) is 0 Å². The molecule has 0 bridgehead atoms. The number of fused-ring (bicyclic) bond motifs is 10. The summed E-state index contributed by atoms with van der Waals surface area (Å²) in [6.07, 6.45) is 26.6. The van der Waals surface area contributed by atoms with E-state index in [1.54, 1.807) is 16.7 Å². The van der Waals surface area contributed by atoms with Crippen LogP contribution in [-0.4, -0.2) is 18.0 Å². The van der Waals surface area contributed by atoms with Crippen LogP contribution in [0.5, 0.6) is 5.75 Å². The Morgan fingerprint density at radius 2 is 1.64 bits per heavy atom. The fourth-order valence-corrected chi connectivity index (χ4v) is 13.0. The maximum absolute atomic E-state index is 12.8. The Balaban J connectivity index is 0.884. The Hall–Kier alpha value is -2.03. The lowest BCUT2D eigenvalue weighted by Gasteiger charge is -2.51. The second-order valence-electron chi connectivity index (χ2n) is 17.1. The zero-order chi connectivity index (χ0) is 29.6. The fourth-order valence-electron chi connectivity index (χ4n) is 13.0. The molecule has 8 aliphatic carbocycles. The van der Waals surface area contributed by atoms with Gasteiger partial charge in [0, 0.05) is 23.7 Å². The smallest absolute Gasteiger partial charge is 0.139 e. The van der Waals surface area contributed by atoms with E-state index in [1.165, 1.54) is 89.2 Å². The Morgan fingerprint density at radius 3 is 2.52 bits per heavy atom. The first-order valence-electron chi connectivity index (χ1n) is 18.8. The Morgan fingerprint density at radius 1 is 0.750 bits per heavy atom. The standard InChI is InChI=1S/C41H54O3/c1-40-21-19-32-31-14-10-29(24-26(31)7-11-34(32)36(40)15-17-38(40)42)44-39-18-16-37-35-12-8-25-23-28(43-27-5-3-4-6-27)9-13-30(25)33(35)20-22-41(37,39)2/h7,9,13,23-24,27,31-37,39H,3-6,8,10-12,14-22H2,1-2H3/t31-,32+,33+,34+,35+,36-,37-,39-,40-,41-/m0/s1. The van der Waals surface area contributed by atoms with Crippen LogP contribution in [0, 0.1) is 46.3 Å². The molecule has 5 saturated carbocycles. The second kappa shape index (κ2) is 10.5. The quantitative estimate of drug-likeness (QED) is 0.348. The summed E-state index contributed by atoms with van der Waals surface area (Å²) >= 11 is 0. The molecule has 0 unspecified atom stereocenters. The van der Waals surface area contributed by atoms with Crippen LogP contribution in [0.15, 0.2) is 41.7 Å². The number of ether oxygens (including phenoxy) is 2. The summed E-state index contributed by atoms with van der Waals surface area (Å²) < 4.78 is 13.5. The Kier molecular flexibility index (Phi) is 6.73. The molecule has 5 fully saturated rings. The van der Waals surface area contributed by atoms with Crippen molar-refractivity contribution in [3.8, 4) is 5.75 Å². The fraction of sp³-hybridized carbons (Fsp3) is 0.732. The van der Waals surface area contributed by atoms with Crippen LogP contribution in [-0.2, 0) is 16.0 Å². The first-order chi connectivity index (χ1) is 21.4. The van der Waals surface area contributed by atoms with E-state index in [0.29, 0.717) is 35.2 Å². The highest BCUT2D eigenvalue weighted by molar-refractivity contribution is 5.87. The number of rotatable bonds is 4. The van der Waals surface area contributed by atoms with Crippen LogP contribution in [0.3, 0.4) is 0 Å². The summed E-state index contributed by atoms with van der Waals surface area (Å²) in [6, 6.07) is 7.14. The van der Waals surface area contributed by atoms with Crippen molar-refractivity contribution in [2.24, 2.45) is 46.3 Å². The number of carbonyl (C=O) groups is 1. The molecule has 3 nitrogen and oxygen atoms in total. The van der Waals surface area contributed by atoms with Gasteiger partial charge in [0.1, 0.15) is 17.6 Å². The van der Waals surface area contributed by atoms with E-state index in [1.807, 2.05) is 0 Å². The van der Waals surface area contributed by atoms with Gasteiger partial charge in [-0.15, -0.1) is 0 Å². The number of hydrogen-bond acceptors (Lipinski definition) is 3. The molecule has 9 rings (SSSR count). The van der Waals surface area contributed by atoms with Gasteiger partial charge in [-0.2, -0.15) is 0 Å². The average Bonchev–Trinajstić information content (AvgIpc) is 3.74. The van der Waals surface area contributed by atoms with Gasteiger partial charge in [-0.25, -0.2) is 0 Å². The SMILES string of the molecule is C[C@]12CC[C@@H]3c4ccc(OC5CCCC5)cc4CC[C@H]3[C@@H]1CC[C@@H]2OC1=CC2=CC[C@@H]3[C@H](CC[C@]4(C)C(=O)CC[C@@H]34)[C@H]2CC1. The molecule has 236 valence electrons. The van der Waals surface area contributed by atoms with Gasteiger partial charge in [0.25, 0.3) is 0 Å². The highest BCUT2D eigenvalue weighted by Gasteiger charge is 2.57. The molecular formula is C41H54O3. The minimum absolute atomic E-state index is 0.0223. The third-order valence-corrected chi connectivity index (χ3v) is 15.3. The lowest BCUT2D eigenvalue weighted by molar-refractivity contribution is -0.130. The van der Waals surface area contributed by atoms with Gasteiger partial charge in [-0.05, 0) is 173 Å². The molecule has 0 saturated heterocycles. The molecule has 0 N–H and O–H groups in total. The third-order valence-electron chi connectivity index (χ3n) is 15.3. The van der Waals surface area contributed by atoms with Gasteiger partial charge in [-0.1, -0.05) is 26.0 Å². The molecule has 1 aromatic rings. The minimum Gasteiger partial charge on any atom is -0.494 e. The van der Waals surface area contributed by atoms with E-state index >= 15 is 0 Å². The van der Waals surface area contributed by atoms with E-state index in [-0.39, 0.29) is 5.41 Å². The molecule has 44 heavy (non-hydrogen) atoms. The minimum atomic E-state index is -0.0223. The molecule has 0 heterocycles. The predicted molar refractivity (Wildman–Crippen MR) is 174 cm³/mol. The maximum Gasteiger partial charge on any atom is 0.139 e. The van der Waals surface area contributed by atoms with E-state index in [0.717, 1.165) is 61.0 Å². The van der Waals surface area contributed by atoms with Gasteiger partial charge in [0.05, 0.1) is 11.9 Å². The highest BCUT2D eigenvalue weighted by Crippen LogP contribution is 2.63. The summed E-state index contributed by atoms with van der Waals surface area (Å²) in [6.45, 7) is 4.89. The largest absolute Gasteiger partial charge is 0.494 e. The van der Waals surface area contributed by atoms with E-state index < -0.39 is 0 Å². The van der Waals surface area contributed by atoms with Crippen molar-refractivity contribution in [3.63, 3.8) is 0 Å². The van der Waals surface area contributed by atoms with Crippen LogP contribution in [0.25, 0.3) is 0 Å². The van der Waals surface area contributed by atoms with Crippen LogP contribution in [0.4, 0.5) is 0 Å². The number of hydrogen-bond donors (Lipinski definition) is 0. The Labute approximate surface area is 265 Å². The highest BCUT2D eigenvalue weighted by atomic mass is 16.5. The molecule has 8 aliphatic rings. The summed E-state index contributed by atoms with van der Waals surface area (Å²) in [5.74, 6) is 8.08. The zero-order valence-electron chi connectivity index (χ0n) is 27.3. The lowest BCUT2D eigenvalue weighted by Crippen LogP contribution is -2.46. The van der Waals surface area contributed by atoms with E-state index in [4.69, 9.17) is 9.47 Å². The van der Waals surface area contributed by atoms with Crippen LogP contribution in [0.2, 0.25) is 0 Å². The topological polar surface area (TPSA) is 35.5 Å². The van der Waals surface area contributed by atoms with E-state index in [2.05, 4.69) is 44.2 Å². The number of allylic oxidation sites excluding steroid dienone is 4. The van der Waals surface area contributed by atoms with Crippen molar-refractivity contribution in [2.45, 2.75) is 141 Å². The molecule has 10 atom stereocenters. The number of carbonyl (C=O) groups excluding carboxylic acids is 1. The van der Waals surface area contributed by atoms with Crippen molar-refractivity contribution in [2.75, 3.05) is 0 Å². The number of ketones is 1. The van der Waals surface area contributed by atoms with Crippen molar-refractivity contribution in [1.29, 1.82) is 0 Å². The number of benzene rings is 1. The molecule has 0 aromatic heterocycles. The van der Waals surface area contributed by atoms with Crippen molar-refractivity contribution in [3.05, 3.63) is 52.8 Å². The predicted octanol–water partition coefficient (Wildman–Crippen LogP) is 9.88.